The van der Waals surface area contributed by atoms with Gasteiger partial charge in [0.05, 0.1) is 24.4 Å². The van der Waals surface area contributed by atoms with Gasteiger partial charge in [0, 0.05) is 24.6 Å². The van der Waals surface area contributed by atoms with Crippen molar-refractivity contribution < 1.29 is 29.2 Å². The van der Waals surface area contributed by atoms with Crippen LogP contribution in [0.1, 0.15) is 25.1 Å². The third-order valence-corrected chi connectivity index (χ3v) is 5.41. The van der Waals surface area contributed by atoms with Crippen LogP contribution in [0.4, 0.5) is 20.6 Å². The van der Waals surface area contributed by atoms with Gasteiger partial charge in [-0.15, -0.1) is 0 Å². The van der Waals surface area contributed by atoms with E-state index in [9.17, 15) is 19.4 Å². The summed E-state index contributed by atoms with van der Waals surface area (Å²) < 4.78 is 20.7. The van der Waals surface area contributed by atoms with Crippen molar-refractivity contribution in [1.82, 2.24) is 5.32 Å². The van der Waals surface area contributed by atoms with Gasteiger partial charge in [-0.25, -0.2) is 9.18 Å². The zero-order chi connectivity index (χ0) is 18.6. The molecule has 0 saturated carbocycles. The van der Waals surface area contributed by atoms with Crippen molar-refractivity contribution in [3.8, 4) is 5.75 Å². The fraction of sp³-hybridized carbons (Fsp3) is 0.588. The first-order valence-corrected chi connectivity index (χ1v) is 8.73. The maximum Gasteiger partial charge on any atom is 0.324 e. The predicted molar refractivity (Wildman–Crippen MR) is 90.7 cm³/mol. The number of aliphatic hydroxyl groups excluding tert-OH is 3. The number of ether oxygens (including phenoxy) is 1. The minimum atomic E-state index is -1.30. The summed E-state index contributed by atoms with van der Waals surface area (Å²) in [5, 5.41) is 31.6. The van der Waals surface area contributed by atoms with Gasteiger partial charge in [0.1, 0.15) is 12.3 Å². The van der Waals surface area contributed by atoms with Crippen LogP contribution in [0.5, 0.6) is 5.75 Å². The molecule has 1 aromatic rings. The van der Waals surface area contributed by atoms with E-state index in [1.165, 1.54) is 11.0 Å². The number of carbonyl (C=O) groups is 1. The third kappa shape index (κ3) is 2.50. The monoisotopic (exact) mass is 367 g/mol. The van der Waals surface area contributed by atoms with Gasteiger partial charge in [0.25, 0.3) is 0 Å². The quantitative estimate of drug-likeness (QED) is 0.613. The van der Waals surface area contributed by atoms with E-state index in [1.807, 2.05) is 6.92 Å². The first-order chi connectivity index (χ1) is 12.4. The number of rotatable bonds is 3. The van der Waals surface area contributed by atoms with Gasteiger partial charge in [-0.3, -0.25) is 4.90 Å². The van der Waals surface area contributed by atoms with Crippen LogP contribution >= 0.6 is 0 Å². The molecule has 4 atom stereocenters. The highest BCUT2D eigenvalue weighted by atomic mass is 19.1. The summed E-state index contributed by atoms with van der Waals surface area (Å²) in [7, 11) is 0. The highest BCUT2D eigenvalue weighted by Gasteiger charge is 2.42. The molecule has 4 rings (SSSR count). The second kappa shape index (κ2) is 6.26. The Bertz CT molecular complexity index is 746. The Morgan fingerprint density at radius 1 is 1.46 bits per heavy atom. The molecule has 1 fully saturated rings. The Hall–Kier alpha value is -2.10. The van der Waals surface area contributed by atoms with Crippen molar-refractivity contribution in [2.75, 3.05) is 36.1 Å². The Morgan fingerprint density at radius 2 is 2.23 bits per heavy atom. The molecule has 0 spiro atoms. The minimum Gasteiger partial charge on any atom is -0.487 e. The van der Waals surface area contributed by atoms with Crippen molar-refractivity contribution >= 4 is 17.4 Å². The van der Waals surface area contributed by atoms with E-state index in [0.29, 0.717) is 25.2 Å². The number of hydrogen-bond donors (Lipinski definition) is 4. The lowest BCUT2D eigenvalue weighted by molar-refractivity contribution is 0.0545. The lowest BCUT2D eigenvalue weighted by Gasteiger charge is -2.42. The van der Waals surface area contributed by atoms with E-state index in [2.05, 4.69) is 5.32 Å². The molecule has 4 N–H and O–H groups in total. The molecule has 1 aromatic carbocycles. The number of anilines is 2. The molecule has 3 heterocycles. The molecule has 8 nitrogen and oxygen atoms in total. The second-order valence-electron chi connectivity index (χ2n) is 7.10. The minimum absolute atomic E-state index is 0.171. The fourth-order valence-electron chi connectivity index (χ4n) is 4.03. The van der Waals surface area contributed by atoms with Crippen LogP contribution in [0.25, 0.3) is 0 Å². The average molecular weight is 367 g/mol. The molecule has 0 aromatic heterocycles. The molecule has 1 saturated heterocycles. The van der Waals surface area contributed by atoms with Gasteiger partial charge in [-0.1, -0.05) is 0 Å². The highest BCUT2D eigenvalue weighted by Crippen LogP contribution is 2.49. The predicted octanol–water partition coefficient (Wildman–Crippen LogP) is 0.307. The molecule has 3 aliphatic rings. The number of benzene rings is 1. The molecule has 0 aliphatic carbocycles. The summed E-state index contributed by atoms with van der Waals surface area (Å²) in [6, 6.07) is 0.520. The van der Waals surface area contributed by atoms with E-state index in [4.69, 9.17) is 9.84 Å². The maximum absolute atomic E-state index is 14.9. The zero-order valence-electron chi connectivity index (χ0n) is 14.4. The maximum atomic E-state index is 14.9. The molecular formula is C17H22FN3O5. The van der Waals surface area contributed by atoms with Crippen LogP contribution in [0.3, 0.4) is 0 Å². The van der Waals surface area contributed by atoms with E-state index in [1.54, 1.807) is 4.90 Å². The number of nitrogens with zero attached hydrogens (tertiary/aromatic N) is 2. The fourth-order valence-corrected chi connectivity index (χ4v) is 4.03. The van der Waals surface area contributed by atoms with Gasteiger partial charge in [0.2, 0.25) is 0 Å². The zero-order valence-corrected chi connectivity index (χ0v) is 14.4. The summed E-state index contributed by atoms with van der Waals surface area (Å²) >= 11 is 0. The molecule has 26 heavy (non-hydrogen) atoms. The van der Waals surface area contributed by atoms with Crippen molar-refractivity contribution in [2.24, 2.45) is 5.92 Å². The number of urea groups is 1. The second-order valence-corrected chi connectivity index (χ2v) is 7.10. The van der Waals surface area contributed by atoms with Gasteiger partial charge in [-0.2, -0.15) is 0 Å². The lowest BCUT2D eigenvalue weighted by atomic mass is 10.0. The van der Waals surface area contributed by atoms with Gasteiger partial charge in [-0.05, 0) is 19.4 Å². The molecule has 9 heteroatoms. The molecular weight excluding hydrogens is 345 g/mol. The number of nitrogens with one attached hydrogen (secondary N) is 1. The van der Waals surface area contributed by atoms with E-state index in [0.717, 1.165) is 0 Å². The van der Waals surface area contributed by atoms with Gasteiger partial charge >= 0.3 is 6.03 Å². The Labute approximate surface area is 149 Å². The standard InChI is InChI=1S/C17H22FN3O5/c1-8-7-26-15-13-10(16(24)19-17(25)21(8)13)4-11(18)14(15)20-3-2-9(5-20)12(23)6-22/h4,8-9,12,16,22-24H,2-3,5-7H2,1H3,(H,19,25). The smallest absolute Gasteiger partial charge is 0.324 e. The van der Waals surface area contributed by atoms with Gasteiger partial charge in [0.15, 0.2) is 17.8 Å². The molecule has 142 valence electrons. The third-order valence-electron chi connectivity index (χ3n) is 5.41. The Morgan fingerprint density at radius 3 is 2.96 bits per heavy atom. The summed E-state index contributed by atoms with van der Waals surface area (Å²) in [6.07, 6.45) is -1.55. The number of aliphatic hydroxyl groups is 3. The number of amides is 2. The summed E-state index contributed by atoms with van der Waals surface area (Å²) in [6.45, 7) is 2.56. The topological polar surface area (TPSA) is 106 Å². The van der Waals surface area contributed by atoms with E-state index >= 15 is 0 Å². The Kier molecular flexibility index (Phi) is 4.17. The van der Waals surface area contributed by atoms with Crippen molar-refractivity contribution in [2.45, 2.75) is 31.7 Å². The largest absolute Gasteiger partial charge is 0.487 e. The lowest BCUT2D eigenvalue weighted by Crippen LogP contribution is -2.54. The van der Waals surface area contributed by atoms with Crippen LogP contribution in [0, 0.1) is 11.7 Å². The van der Waals surface area contributed by atoms with Crippen LogP contribution < -0.4 is 19.9 Å². The molecule has 3 aliphatic heterocycles. The number of hydrogen-bond acceptors (Lipinski definition) is 6. The van der Waals surface area contributed by atoms with Crippen LogP contribution in [0.2, 0.25) is 0 Å². The van der Waals surface area contributed by atoms with Crippen molar-refractivity contribution in [1.29, 1.82) is 0 Å². The van der Waals surface area contributed by atoms with Crippen LogP contribution in [-0.4, -0.2) is 59.8 Å². The Balaban J connectivity index is 1.79. The van der Waals surface area contributed by atoms with Gasteiger partial charge < -0.3 is 30.3 Å². The van der Waals surface area contributed by atoms with Crippen molar-refractivity contribution in [3.63, 3.8) is 0 Å². The van der Waals surface area contributed by atoms with Crippen molar-refractivity contribution in [3.05, 3.63) is 17.4 Å². The summed E-state index contributed by atoms with van der Waals surface area (Å²) in [5.41, 5.74) is 0.885. The summed E-state index contributed by atoms with van der Waals surface area (Å²) in [4.78, 5) is 15.6. The SMILES string of the molecule is CC1COc2c(N3CCC(C(O)CO)C3)c(F)cc3c2N1C(=O)NC3O. The summed E-state index contributed by atoms with van der Waals surface area (Å²) in [5.74, 6) is -0.483. The normalized spacial score (nSPS) is 28.5. The first-order valence-electron chi connectivity index (χ1n) is 8.73. The number of halogens is 1. The highest BCUT2D eigenvalue weighted by molar-refractivity contribution is 6.00. The first kappa shape index (κ1) is 17.3. The van der Waals surface area contributed by atoms with E-state index < -0.39 is 24.2 Å². The van der Waals surface area contributed by atoms with Crippen LogP contribution in [-0.2, 0) is 0 Å². The molecule has 0 bridgehead atoms. The molecule has 2 amide bonds. The average Bonchev–Trinajstić information content (AvgIpc) is 3.08. The number of carbonyl (C=O) groups excluding carboxylic acids is 1. The molecule has 0 radical (unpaired) electrons. The van der Waals surface area contributed by atoms with E-state index in [-0.39, 0.29) is 42.2 Å². The van der Waals surface area contributed by atoms with Crippen LogP contribution in [0.15, 0.2) is 6.07 Å². The molecule has 4 unspecified atom stereocenters.